The third kappa shape index (κ3) is 5.14. The van der Waals surface area contributed by atoms with E-state index in [1.165, 1.54) is 0 Å². The number of amides is 1. The Morgan fingerprint density at radius 3 is 2.52 bits per heavy atom. The van der Waals surface area contributed by atoms with Crippen LogP contribution in [-0.2, 0) is 6.54 Å². The number of likely N-dealkylation sites (tertiary alicyclic amines) is 1. The van der Waals surface area contributed by atoms with Gasteiger partial charge >= 0.3 is 0 Å². The molecule has 162 valence electrons. The van der Waals surface area contributed by atoms with Crippen molar-refractivity contribution in [1.82, 2.24) is 20.0 Å². The number of hydrogen-bond donors (Lipinski definition) is 0. The highest BCUT2D eigenvalue weighted by molar-refractivity contribution is 6.33. The lowest BCUT2D eigenvalue weighted by Crippen LogP contribution is -2.46. The summed E-state index contributed by atoms with van der Waals surface area (Å²) < 4.78 is 5.92. The van der Waals surface area contributed by atoms with E-state index in [0.29, 0.717) is 29.4 Å². The number of rotatable bonds is 7. The summed E-state index contributed by atoms with van der Waals surface area (Å²) in [5, 5.41) is 9.04. The van der Waals surface area contributed by atoms with E-state index in [1.807, 2.05) is 59.5 Å². The fraction of sp³-hybridized carbons (Fsp3) is 0.375. The van der Waals surface area contributed by atoms with Gasteiger partial charge in [0.25, 0.3) is 5.91 Å². The standard InChI is InChI=1S/C24H27ClN4O2/c1-2-14-29(17-22-26-27-23(31-22)20-10-6-7-11-21(20)25)19-12-15-28(16-13-19)24(30)18-8-4-3-5-9-18/h3-11,19H,2,12-17H2,1H3. The Morgan fingerprint density at radius 2 is 1.81 bits per heavy atom. The maximum Gasteiger partial charge on any atom is 0.253 e. The molecule has 2 aromatic carbocycles. The molecule has 0 bridgehead atoms. The number of hydrogen-bond acceptors (Lipinski definition) is 5. The first kappa shape index (κ1) is 21.5. The highest BCUT2D eigenvalue weighted by Gasteiger charge is 2.28. The van der Waals surface area contributed by atoms with Crippen molar-refractivity contribution >= 4 is 17.5 Å². The highest BCUT2D eigenvalue weighted by Crippen LogP contribution is 2.27. The monoisotopic (exact) mass is 438 g/mol. The Labute approximate surface area is 187 Å². The highest BCUT2D eigenvalue weighted by atomic mass is 35.5. The van der Waals surface area contributed by atoms with Crippen LogP contribution in [0.4, 0.5) is 0 Å². The number of nitrogens with zero attached hydrogens (tertiary/aromatic N) is 4. The summed E-state index contributed by atoms with van der Waals surface area (Å²) in [7, 11) is 0. The lowest BCUT2D eigenvalue weighted by molar-refractivity contribution is 0.0594. The van der Waals surface area contributed by atoms with Gasteiger partial charge in [-0.05, 0) is 50.1 Å². The number of piperidine rings is 1. The minimum atomic E-state index is 0.113. The normalized spacial score (nSPS) is 14.9. The summed E-state index contributed by atoms with van der Waals surface area (Å²) >= 11 is 6.26. The molecule has 1 aromatic heterocycles. The minimum Gasteiger partial charge on any atom is -0.419 e. The second-order valence-corrected chi connectivity index (χ2v) is 8.25. The van der Waals surface area contributed by atoms with Crippen LogP contribution >= 0.6 is 11.6 Å². The molecule has 2 heterocycles. The number of carbonyl (C=O) groups excluding carboxylic acids is 1. The van der Waals surface area contributed by atoms with E-state index < -0.39 is 0 Å². The van der Waals surface area contributed by atoms with Gasteiger partial charge in [-0.3, -0.25) is 9.69 Å². The van der Waals surface area contributed by atoms with Crippen molar-refractivity contribution in [2.45, 2.75) is 38.8 Å². The van der Waals surface area contributed by atoms with Gasteiger partial charge in [0.2, 0.25) is 11.8 Å². The van der Waals surface area contributed by atoms with E-state index >= 15 is 0 Å². The van der Waals surface area contributed by atoms with Crippen LogP contribution in [0, 0.1) is 0 Å². The average molecular weight is 439 g/mol. The first-order chi connectivity index (χ1) is 15.2. The zero-order valence-electron chi connectivity index (χ0n) is 17.7. The van der Waals surface area contributed by atoms with Gasteiger partial charge in [0.15, 0.2) is 0 Å². The van der Waals surface area contributed by atoms with Gasteiger partial charge in [0.1, 0.15) is 0 Å². The summed E-state index contributed by atoms with van der Waals surface area (Å²) in [5.74, 6) is 1.15. The van der Waals surface area contributed by atoms with E-state index in [0.717, 1.165) is 50.0 Å². The van der Waals surface area contributed by atoms with Gasteiger partial charge in [-0.2, -0.15) is 0 Å². The Balaban J connectivity index is 1.39. The second kappa shape index (κ2) is 10.1. The van der Waals surface area contributed by atoms with E-state index in [1.54, 1.807) is 0 Å². The number of benzene rings is 2. The lowest BCUT2D eigenvalue weighted by atomic mass is 10.0. The maximum absolute atomic E-state index is 12.7. The second-order valence-electron chi connectivity index (χ2n) is 7.84. The predicted molar refractivity (Wildman–Crippen MR) is 121 cm³/mol. The van der Waals surface area contributed by atoms with Crippen LogP contribution < -0.4 is 0 Å². The van der Waals surface area contributed by atoms with Crippen LogP contribution in [0.3, 0.4) is 0 Å². The minimum absolute atomic E-state index is 0.113. The quantitative estimate of drug-likeness (QED) is 0.524. The van der Waals surface area contributed by atoms with Crippen molar-refractivity contribution < 1.29 is 9.21 Å². The van der Waals surface area contributed by atoms with Crippen LogP contribution in [0.2, 0.25) is 5.02 Å². The largest absolute Gasteiger partial charge is 0.419 e. The van der Waals surface area contributed by atoms with E-state index in [9.17, 15) is 4.79 Å². The summed E-state index contributed by atoms with van der Waals surface area (Å²) in [4.78, 5) is 17.1. The molecule has 0 saturated carbocycles. The SMILES string of the molecule is CCCN(Cc1nnc(-c2ccccc2Cl)o1)C1CCN(C(=O)c2ccccc2)CC1. The molecule has 0 spiro atoms. The number of aromatic nitrogens is 2. The molecule has 0 unspecified atom stereocenters. The van der Waals surface area contributed by atoms with E-state index in [4.69, 9.17) is 16.0 Å². The molecule has 4 rings (SSSR count). The molecule has 0 atom stereocenters. The summed E-state index contributed by atoms with van der Waals surface area (Å²) in [5.41, 5.74) is 1.50. The van der Waals surface area contributed by atoms with Crippen molar-refractivity contribution in [1.29, 1.82) is 0 Å². The van der Waals surface area contributed by atoms with Crippen molar-refractivity contribution in [3.63, 3.8) is 0 Å². The number of carbonyl (C=O) groups is 1. The molecule has 1 amide bonds. The van der Waals surface area contributed by atoms with Crippen molar-refractivity contribution in [2.24, 2.45) is 0 Å². The van der Waals surface area contributed by atoms with Crippen molar-refractivity contribution in [2.75, 3.05) is 19.6 Å². The molecule has 6 nitrogen and oxygen atoms in total. The molecule has 1 fully saturated rings. The lowest BCUT2D eigenvalue weighted by Gasteiger charge is -2.38. The van der Waals surface area contributed by atoms with Crippen LogP contribution in [-0.4, -0.2) is 51.6 Å². The molecular weight excluding hydrogens is 412 g/mol. The summed E-state index contributed by atoms with van der Waals surface area (Å²) in [6.07, 6.45) is 2.91. The number of halogens is 1. The Hall–Kier alpha value is -2.70. The molecule has 7 heteroatoms. The van der Waals surface area contributed by atoms with Gasteiger partial charge in [0.05, 0.1) is 17.1 Å². The fourth-order valence-electron chi connectivity index (χ4n) is 4.11. The van der Waals surface area contributed by atoms with E-state index in [-0.39, 0.29) is 5.91 Å². The van der Waals surface area contributed by atoms with E-state index in [2.05, 4.69) is 22.0 Å². The predicted octanol–water partition coefficient (Wildman–Crippen LogP) is 4.91. The first-order valence-electron chi connectivity index (χ1n) is 10.8. The van der Waals surface area contributed by atoms with Gasteiger partial charge in [-0.25, -0.2) is 0 Å². The molecule has 3 aromatic rings. The average Bonchev–Trinajstić information content (AvgIpc) is 3.27. The third-order valence-corrected chi connectivity index (χ3v) is 6.04. The smallest absolute Gasteiger partial charge is 0.253 e. The molecule has 1 aliphatic rings. The zero-order chi connectivity index (χ0) is 21.6. The maximum atomic E-state index is 12.7. The Bertz CT molecular complexity index is 1000. The molecule has 1 saturated heterocycles. The molecule has 0 radical (unpaired) electrons. The van der Waals surface area contributed by atoms with Gasteiger partial charge < -0.3 is 9.32 Å². The molecule has 0 aliphatic carbocycles. The zero-order valence-corrected chi connectivity index (χ0v) is 18.5. The van der Waals surface area contributed by atoms with Gasteiger partial charge in [-0.15, -0.1) is 10.2 Å². The topological polar surface area (TPSA) is 62.5 Å². The Morgan fingerprint density at radius 1 is 1.10 bits per heavy atom. The van der Waals surface area contributed by atoms with Crippen LogP contribution in [0.1, 0.15) is 42.4 Å². The first-order valence-corrected chi connectivity index (χ1v) is 11.2. The molecule has 1 aliphatic heterocycles. The van der Waals surface area contributed by atoms with Crippen molar-refractivity contribution in [3.05, 3.63) is 71.1 Å². The fourth-order valence-corrected chi connectivity index (χ4v) is 4.33. The van der Waals surface area contributed by atoms with Crippen LogP contribution in [0.25, 0.3) is 11.5 Å². The third-order valence-electron chi connectivity index (χ3n) is 5.71. The van der Waals surface area contributed by atoms with Gasteiger partial charge in [0, 0.05) is 24.7 Å². The van der Waals surface area contributed by atoms with Gasteiger partial charge in [-0.1, -0.05) is 48.9 Å². The summed E-state index contributed by atoms with van der Waals surface area (Å²) in [6, 6.07) is 17.4. The molecular formula is C24H27ClN4O2. The molecule has 31 heavy (non-hydrogen) atoms. The van der Waals surface area contributed by atoms with Crippen molar-refractivity contribution in [3.8, 4) is 11.5 Å². The summed E-state index contributed by atoms with van der Waals surface area (Å²) in [6.45, 7) is 5.23. The van der Waals surface area contributed by atoms with Crippen LogP contribution in [0.5, 0.6) is 0 Å². The Kier molecular flexibility index (Phi) is 6.99. The molecule has 0 N–H and O–H groups in total. The van der Waals surface area contributed by atoms with Crippen LogP contribution in [0.15, 0.2) is 59.0 Å².